The first-order valence-electron chi connectivity index (χ1n) is 7.64. The molecule has 2 rings (SSSR count). The summed E-state index contributed by atoms with van der Waals surface area (Å²) in [6.07, 6.45) is 2.18. The highest BCUT2D eigenvalue weighted by molar-refractivity contribution is 7.89. The van der Waals surface area contributed by atoms with Crippen LogP contribution in [-0.4, -0.2) is 26.2 Å². The smallest absolute Gasteiger partial charge is 0.238 e. The molecule has 1 aliphatic carbocycles. The van der Waals surface area contributed by atoms with E-state index in [1.807, 2.05) is 0 Å². The highest BCUT2D eigenvalue weighted by atomic mass is 35.5. The van der Waals surface area contributed by atoms with Gasteiger partial charge in [-0.15, -0.1) is 0 Å². The Morgan fingerprint density at radius 3 is 2.52 bits per heavy atom. The van der Waals surface area contributed by atoms with Crippen molar-refractivity contribution in [2.45, 2.75) is 51.0 Å². The summed E-state index contributed by atoms with van der Waals surface area (Å²) in [5.41, 5.74) is 0.611. The van der Waals surface area contributed by atoms with Gasteiger partial charge in [0.2, 0.25) is 10.0 Å². The van der Waals surface area contributed by atoms with Crippen LogP contribution >= 0.6 is 11.6 Å². The SMILES string of the molecule is CC1(C)C[C@H](O)C[C@](C)(CNc2cc(Cl)cc(S(N)(=O)=O)c2)C1. The fraction of sp³-hybridized carbons (Fsp3) is 0.625. The summed E-state index contributed by atoms with van der Waals surface area (Å²) >= 11 is 5.98. The van der Waals surface area contributed by atoms with Crippen molar-refractivity contribution < 1.29 is 13.5 Å². The molecule has 23 heavy (non-hydrogen) atoms. The minimum absolute atomic E-state index is 0.0124. The molecular formula is C16H25ClN2O3S. The lowest BCUT2D eigenvalue weighted by atomic mass is 9.63. The first-order chi connectivity index (χ1) is 10.4. The largest absolute Gasteiger partial charge is 0.393 e. The van der Waals surface area contributed by atoms with Crippen LogP contribution in [0.1, 0.15) is 40.0 Å². The third-order valence-corrected chi connectivity index (χ3v) is 5.45. The molecule has 0 saturated heterocycles. The zero-order valence-electron chi connectivity index (χ0n) is 13.8. The lowest BCUT2D eigenvalue weighted by Crippen LogP contribution is -2.42. The third-order valence-electron chi connectivity index (χ3n) is 4.34. The van der Waals surface area contributed by atoms with Gasteiger partial charge in [-0.05, 0) is 48.3 Å². The molecule has 1 aromatic rings. The van der Waals surface area contributed by atoms with Crippen LogP contribution < -0.4 is 10.5 Å². The van der Waals surface area contributed by atoms with Crippen molar-refractivity contribution >= 4 is 27.3 Å². The Hall–Kier alpha value is -0.820. The maximum absolute atomic E-state index is 11.5. The molecule has 130 valence electrons. The molecule has 7 heteroatoms. The molecule has 0 aliphatic heterocycles. The van der Waals surface area contributed by atoms with Gasteiger partial charge in [0, 0.05) is 17.3 Å². The van der Waals surface area contributed by atoms with Crippen molar-refractivity contribution in [3.05, 3.63) is 23.2 Å². The van der Waals surface area contributed by atoms with Crippen molar-refractivity contribution in [2.24, 2.45) is 16.0 Å². The molecular weight excluding hydrogens is 336 g/mol. The number of anilines is 1. The fourth-order valence-corrected chi connectivity index (χ4v) is 4.74. The average Bonchev–Trinajstić information content (AvgIpc) is 2.31. The molecule has 0 bridgehead atoms. The lowest BCUT2D eigenvalue weighted by Gasteiger charge is -2.45. The second kappa shape index (κ2) is 6.24. The van der Waals surface area contributed by atoms with Gasteiger partial charge in [0.25, 0.3) is 0 Å². The first-order valence-corrected chi connectivity index (χ1v) is 9.56. The zero-order chi connectivity index (χ0) is 17.5. The van der Waals surface area contributed by atoms with Gasteiger partial charge in [0.05, 0.1) is 11.0 Å². The number of nitrogens with two attached hydrogens (primary N) is 1. The average molecular weight is 361 g/mol. The number of rotatable bonds is 4. The summed E-state index contributed by atoms with van der Waals surface area (Å²) in [5.74, 6) is 0. The van der Waals surface area contributed by atoms with Crippen molar-refractivity contribution in [1.82, 2.24) is 0 Å². The number of hydrogen-bond acceptors (Lipinski definition) is 4. The Balaban J connectivity index is 2.16. The maximum Gasteiger partial charge on any atom is 0.238 e. The molecule has 0 amide bonds. The Labute approximate surface area is 143 Å². The topological polar surface area (TPSA) is 92.4 Å². The number of hydrogen-bond donors (Lipinski definition) is 3. The number of benzene rings is 1. The van der Waals surface area contributed by atoms with E-state index in [4.69, 9.17) is 16.7 Å². The van der Waals surface area contributed by atoms with E-state index in [1.54, 1.807) is 6.07 Å². The Morgan fingerprint density at radius 1 is 1.30 bits per heavy atom. The van der Waals surface area contributed by atoms with Crippen LogP contribution in [0.2, 0.25) is 5.02 Å². The van der Waals surface area contributed by atoms with Crippen LogP contribution in [0.3, 0.4) is 0 Å². The standard InChI is InChI=1S/C16H25ClN2O3S/c1-15(2)7-13(20)8-16(3,9-15)10-19-12-4-11(17)5-14(6-12)23(18,21)22/h4-6,13,19-20H,7-10H2,1-3H3,(H2,18,21,22)/t13-,16-/m0/s1. The number of aliphatic hydroxyl groups is 1. The number of sulfonamides is 1. The van der Waals surface area contributed by atoms with Crippen LogP contribution in [0.15, 0.2) is 23.1 Å². The predicted molar refractivity (Wildman–Crippen MR) is 93.1 cm³/mol. The van der Waals surface area contributed by atoms with Crippen LogP contribution in [0.5, 0.6) is 0 Å². The third kappa shape index (κ3) is 5.08. The lowest BCUT2D eigenvalue weighted by molar-refractivity contribution is -0.00317. The highest BCUT2D eigenvalue weighted by Gasteiger charge is 2.40. The minimum atomic E-state index is -3.80. The number of primary sulfonamides is 1. The van der Waals surface area contributed by atoms with Gasteiger partial charge in [0.15, 0.2) is 0 Å². The quantitative estimate of drug-likeness (QED) is 0.769. The summed E-state index contributed by atoms with van der Waals surface area (Å²) in [6, 6.07) is 4.48. The van der Waals surface area contributed by atoms with E-state index in [-0.39, 0.29) is 21.8 Å². The molecule has 4 N–H and O–H groups in total. The van der Waals surface area contributed by atoms with Crippen LogP contribution in [0, 0.1) is 10.8 Å². The van der Waals surface area contributed by atoms with Gasteiger partial charge in [-0.2, -0.15) is 0 Å². The van der Waals surface area contributed by atoms with Gasteiger partial charge in [0.1, 0.15) is 0 Å². The molecule has 0 spiro atoms. The first kappa shape index (κ1) is 18.5. The van der Waals surface area contributed by atoms with E-state index >= 15 is 0 Å². The van der Waals surface area contributed by atoms with Crippen LogP contribution in [-0.2, 0) is 10.0 Å². The van der Waals surface area contributed by atoms with E-state index < -0.39 is 10.0 Å². The van der Waals surface area contributed by atoms with Crippen molar-refractivity contribution in [3.63, 3.8) is 0 Å². The van der Waals surface area contributed by atoms with Gasteiger partial charge < -0.3 is 10.4 Å². The van der Waals surface area contributed by atoms with Gasteiger partial charge in [-0.1, -0.05) is 32.4 Å². The minimum Gasteiger partial charge on any atom is -0.393 e. The fourth-order valence-electron chi connectivity index (χ4n) is 3.86. The number of nitrogens with one attached hydrogen (secondary N) is 1. The second-order valence-corrected chi connectivity index (χ2v) is 9.79. The molecule has 0 heterocycles. The zero-order valence-corrected chi connectivity index (χ0v) is 15.3. The summed E-state index contributed by atoms with van der Waals surface area (Å²) in [6.45, 7) is 7.07. The molecule has 2 atom stereocenters. The Bertz CT molecular complexity index is 691. The Morgan fingerprint density at radius 2 is 1.96 bits per heavy atom. The number of halogens is 1. The second-order valence-electron chi connectivity index (χ2n) is 7.79. The predicted octanol–water partition coefficient (Wildman–Crippen LogP) is 2.98. The summed E-state index contributed by atoms with van der Waals surface area (Å²) < 4.78 is 23.0. The highest BCUT2D eigenvalue weighted by Crippen LogP contribution is 2.46. The molecule has 1 fully saturated rings. The molecule has 0 radical (unpaired) electrons. The van der Waals surface area contributed by atoms with Gasteiger partial charge >= 0.3 is 0 Å². The summed E-state index contributed by atoms with van der Waals surface area (Å²) in [4.78, 5) is -0.0124. The van der Waals surface area contributed by atoms with E-state index in [1.165, 1.54) is 12.1 Å². The maximum atomic E-state index is 11.5. The molecule has 5 nitrogen and oxygen atoms in total. The summed E-state index contributed by atoms with van der Waals surface area (Å²) in [5, 5.41) is 18.9. The van der Waals surface area contributed by atoms with E-state index in [2.05, 4.69) is 26.1 Å². The van der Waals surface area contributed by atoms with E-state index in [9.17, 15) is 13.5 Å². The monoisotopic (exact) mass is 360 g/mol. The molecule has 1 aliphatic rings. The van der Waals surface area contributed by atoms with E-state index in [0.717, 1.165) is 12.8 Å². The van der Waals surface area contributed by atoms with Crippen LogP contribution in [0.4, 0.5) is 5.69 Å². The van der Waals surface area contributed by atoms with Crippen molar-refractivity contribution in [1.29, 1.82) is 0 Å². The molecule has 0 aromatic heterocycles. The molecule has 1 aromatic carbocycles. The van der Waals surface area contributed by atoms with E-state index in [0.29, 0.717) is 23.7 Å². The summed E-state index contributed by atoms with van der Waals surface area (Å²) in [7, 11) is -3.80. The molecule has 0 unspecified atom stereocenters. The molecule has 1 saturated carbocycles. The van der Waals surface area contributed by atoms with Gasteiger partial charge in [-0.3, -0.25) is 0 Å². The van der Waals surface area contributed by atoms with Crippen LogP contribution in [0.25, 0.3) is 0 Å². The Kier molecular flexibility index (Phi) is 5.02. The van der Waals surface area contributed by atoms with Crippen molar-refractivity contribution in [2.75, 3.05) is 11.9 Å². The number of aliphatic hydroxyl groups excluding tert-OH is 1. The van der Waals surface area contributed by atoms with Gasteiger partial charge in [-0.25, -0.2) is 13.6 Å². The van der Waals surface area contributed by atoms with Crippen molar-refractivity contribution in [3.8, 4) is 0 Å². The normalized spacial score (nSPS) is 27.7.